The van der Waals surface area contributed by atoms with Gasteiger partial charge in [-0.15, -0.1) is 0 Å². The van der Waals surface area contributed by atoms with Gasteiger partial charge in [-0.2, -0.15) is 0 Å². The molecule has 11 heteroatoms. The summed E-state index contributed by atoms with van der Waals surface area (Å²) in [7, 11) is 0. The van der Waals surface area contributed by atoms with Gasteiger partial charge in [0, 0.05) is 31.0 Å². The summed E-state index contributed by atoms with van der Waals surface area (Å²) in [6.45, 7) is 6.10. The minimum absolute atomic E-state index is 0.00363. The summed E-state index contributed by atoms with van der Waals surface area (Å²) in [4.78, 5) is 42.5. The van der Waals surface area contributed by atoms with Gasteiger partial charge in [-0.3, -0.25) is 9.59 Å². The predicted octanol–water partition coefficient (Wildman–Crippen LogP) is 2.27. The van der Waals surface area contributed by atoms with Gasteiger partial charge in [0.2, 0.25) is 5.91 Å². The molecule has 0 aliphatic carbocycles. The Bertz CT molecular complexity index is 1270. The van der Waals surface area contributed by atoms with Crippen molar-refractivity contribution in [1.29, 1.82) is 0 Å². The lowest BCUT2D eigenvalue weighted by Crippen LogP contribution is -2.38. The maximum atomic E-state index is 14.9. The number of aryl methyl sites for hydroxylation is 1. The largest absolute Gasteiger partial charge is 0.421 e. The number of amides is 2. The first kappa shape index (κ1) is 22.8. The minimum Gasteiger partial charge on any atom is -0.421 e. The number of nitrogens with one attached hydrogen (secondary N) is 1. The number of hydrogen-bond donors (Lipinski definition) is 2. The second kappa shape index (κ2) is 9.61. The number of benzene rings is 1. The number of carbonyl (C=O) groups excluding carboxylic acids is 2. The first-order chi connectivity index (χ1) is 16.4. The van der Waals surface area contributed by atoms with Crippen LogP contribution in [0.15, 0.2) is 49.4 Å². The van der Waals surface area contributed by atoms with Gasteiger partial charge in [-0.25, -0.2) is 24.3 Å². The topological polar surface area (TPSA) is 136 Å². The molecule has 0 saturated carbocycles. The molecule has 0 bridgehead atoms. The van der Waals surface area contributed by atoms with Gasteiger partial charge in [0.05, 0.1) is 5.56 Å². The maximum Gasteiger partial charge on any atom is 0.322 e. The fourth-order valence-corrected chi connectivity index (χ4v) is 3.63. The summed E-state index contributed by atoms with van der Waals surface area (Å²) in [5.41, 5.74) is 7.20. The van der Waals surface area contributed by atoms with E-state index >= 15 is 0 Å². The van der Waals surface area contributed by atoms with Crippen LogP contribution in [0.5, 0.6) is 11.8 Å². The molecular formula is C23H22FN7O3. The standard InChI is InChI=1S/C23H22FN7O3/c1-3-18(32)31-9-7-15(11-31)30-22(33)20-19(21(25)28-12-27-20)14-4-5-17(16(24)10-14)34-23-26-8-6-13(2)29-23/h3-6,8,10,12,15H,1,7,9,11H2,2H3,(H,30,33)(H2,25,27,28). The molecule has 1 fully saturated rings. The van der Waals surface area contributed by atoms with Crippen LogP contribution in [0.3, 0.4) is 0 Å². The molecule has 1 saturated heterocycles. The Kier molecular flexibility index (Phi) is 6.44. The number of likely N-dealkylation sites (tertiary alicyclic amines) is 1. The molecule has 4 rings (SSSR count). The molecule has 2 aromatic heterocycles. The van der Waals surface area contributed by atoms with Crippen LogP contribution in [-0.2, 0) is 4.79 Å². The molecule has 1 atom stereocenters. The summed E-state index contributed by atoms with van der Waals surface area (Å²) >= 11 is 0. The molecule has 1 unspecified atom stereocenters. The Morgan fingerprint density at radius 1 is 1.29 bits per heavy atom. The van der Waals surface area contributed by atoms with Crippen LogP contribution in [-0.4, -0.2) is 55.8 Å². The second-order valence-corrected chi connectivity index (χ2v) is 7.66. The summed E-state index contributed by atoms with van der Waals surface area (Å²) in [6, 6.07) is 5.55. The number of nitrogen functional groups attached to an aromatic ring is 1. The maximum absolute atomic E-state index is 14.9. The summed E-state index contributed by atoms with van der Waals surface area (Å²) in [5.74, 6) is -1.47. The van der Waals surface area contributed by atoms with E-state index < -0.39 is 11.7 Å². The van der Waals surface area contributed by atoms with E-state index in [-0.39, 0.29) is 40.8 Å². The summed E-state index contributed by atoms with van der Waals surface area (Å²) in [5, 5.41) is 2.86. The van der Waals surface area contributed by atoms with Crippen molar-refractivity contribution in [2.24, 2.45) is 0 Å². The van der Waals surface area contributed by atoms with Gasteiger partial charge in [-0.1, -0.05) is 12.6 Å². The van der Waals surface area contributed by atoms with Crippen LogP contribution < -0.4 is 15.8 Å². The van der Waals surface area contributed by atoms with E-state index in [2.05, 4.69) is 31.8 Å². The number of rotatable bonds is 6. The Balaban J connectivity index is 1.57. The molecule has 1 aliphatic rings. The summed E-state index contributed by atoms with van der Waals surface area (Å²) in [6.07, 6.45) is 4.50. The van der Waals surface area contributed by atoms with Crippen LogP contribution in [0.4, 0.5) is 10.2 Å². The van der Waals surface area contributed by atoms with Crippen LogP contribution >= 0.6 is 0 Å². The highest BCUT2D eigenvalue weighted by Crippen LogP contribution is 2.32. The van der Waals surface area contributed by atoms with Crippen molar-refractivity contribution in [2.75, 3.05) is 18.8 Å². The molecule has 174 valence electrons. The average Bonchev–Trinajstić information content (AvgIpc) is 3.28. The fraction of sp³-hybridized carbons (Fsp3) is 0.217. The van der Waals surface area contributed by atoms with E-state index in [1.807, 2.05) is 0 Å². The zero-order valence-corrected chi connectivity index (χ0v) is 18.4. The lowest BCUT2D eigenvalue weighted by atomic mass is 10.0. The second-order valence-electron chi connectivity index (χ2n) is 7.66. The number of ether oxygens (including phenoxy) is 1. The van der Waals surface area contributed by atoms with Crippen LogP contribution in [0, 0.1) is 12.7 Å². The third-order valence-electron chi connectivity index (χ3n) is 5.30. The van der Waals surface area contributed by atoms with Gasteiger partial charge < -0.3 is 20.7 Å². The van der Waals surface area contributed by atoms with E-state index in [1.54, 1.807) is 24.0 Å². The van der Waals surface area contributed by atoms with Crippen molar-refractivity contribution < 1.29 is 18.7 Å². The van der Waals surface area contributed by atoms with Crippen LogP contribution in [0.2, 0.25) is 0 Å². The van der Waals surface area contributed by atoms with Crippen molar-refractivity contribution >= 4 is 17.6 Å². The van der Waals surface area contributed by atoms with Crippen LogP contribution in [0.1, 0.15) is 22.6 Å². The Hall–Kier alpha value is -4.41. The number of anilines is 1. The van der Waals surface area contributed by atoms with Crippen LogP contribution in [0.25, 0.3) is 11.1 Å². The molecule has 0 radical (unpaired) electrons. The smallest absolute Gasteiger partial charge is 0.322 e. The van der Waals surface area contributed by atoms with Crippen molar-refractivity contribution in [3.63, 3.8) is 0 Å². The van der Waals surface area contributed by atoms with Crippen molar-refractivity contribution in [2.45, 2.75) is 19.4 Å². The van der Waals surface area contributed by atoms with Crippen molar-refractivity contribution in [3.05, 3.63) is 66.6 Å². The highest BCUT2D eigenvalue weighted by molar-refractivity contribution is 6.01. The first-order valence-corrected chi connectivity index (χ1v) is 10.5. The molecule has 2 amide bonds. The number of hydrogen-bond acceptors (Lipinski definition) is 8. The highest BCUT2D eigenvalue weighted by atomic mass is 19.1. The molecular weight excluding hydrogens is 441 g/mol. The lowest BCUT2D eigenvalue weighted by Gasteiger charge is -2.16. The van der Waals surface area contributed by atoms with E-state index in [9.17, 15) is 14.0 Å². The fourth-order valence-electron chi connectivity index (χ4n) is 3.63. The molecule has 1 aliphatic heterocycles. The Morgan fingerprint density at radius 2 is 2.12 bits per heavy atom. The number of halogens is 1. The zero-order valence-electron chi connectivity index (χ0n) is 18.4. The molecule has 3 N–H and O–H groups in total. The number of nitrogens with two attached hydrogens (primary N) is 1. The van der Waals surface area contributed by atoms with Gasteiger partial charge in [0.25, 0.3) is 5.91 Å². The quantitative estimate of drug-likeness (QED) is 0.532. The van der Waals surface area contributed by atoms with Gasteiger partial charge in [0.1, 0.15) is 17.8 Å². The third-order valence-corrected chi connectivity index (χ3v) is 5.30. The Morgan fingerprint density at radius 3 is 2.85 bits per heavy atom. The monoisotopic (exact) mass is 463 g/mol. The van der Waals surface area contributed by atoms with E-state index in [1.165, 1.54) is 30.7 Å². The van der Waals surface area contributed by atoms with E-state index in [4.69, 9.17) is 10.5 Å². The molecule has 1 aromatic carbocycles. The Labute approximate surface area is 194 Å². The number of nitrogens with zero attached hydrogens (tertiary/aromatic N) is 5. The SMILES string of the molecule is C=CC(=O)N1CCC(NC(=O)c2ncnc(N)c2-c2ccc(Oc3nccc(C)n3)c(F)c2)C1. The van der Waals surface area contributed by atoms with Gasteiger partial charge >= 0.3 is 6.01 Å². The molecule has 10 nitrogen and oxygen atoms in total. The minimum atomic E-state index is -0.702. The highest BCUT2D eigenvalue weighted by Gasteiger charge is 2.28. The molecule has 3 heterocycles. The molecule has 0 spiro atoms. The normalized spacial score (nSPS) is 15.1. The number of carbonyl (C=O) groups is 2. The average molecular weight is 463 g/mol. The molecule has 3 aromatic rings. The lowest BCUT2D eigenvalue weighted by molar-refractivity contribution is -0.125. The van der Waals surface area contributed by atoms with Crippen molar-refractivity contribution in [1.82, 2.24) is 30.2 Å². The van der Waals surface area contributed by atoms with Gasteiger partial charge in [0.15, 0.2) is 11.6 Å². The first-order valence-electron chi connectivity index (χ1n) is 10.5. The number of aromatic nitrogens is 4. The zero-order chi connectivity index (χ0) is 24.2. The van der Waals surface area contributed by atoms with E-state index in [0.717, 1.165) is 0 Å². The van der Waals surface area contributed by atoms with Crippen molar-refractivity contribution in [3.8, 4) is 22.9 Å². The molecule has 34 heavy (non-hydrogen) atoms. The third kappa shape index (κ3) is 4.82. The van der Waals surface area contributed by atoms with Gasteiger partial charge in [-0.05, 0) is 43.2 Å². The van der Waals surface area contributed by atoms with E-state index in [0.29, 0.717) is 30.8 Å². The summed E-state index contributed by atoms with van der Waals surface area (Å²) < 4.78 is 20.3. The predicted molar refractivity (Wildman–Crippen MR) is 121 cm³/mol.